The summed E-state index contributed by atoms with van der Waals surface area (Å²) in [4.78, 5) is 34.9. The maximum absolute atomic E-state index is 11.7. The molecule has 0 aromatic heterocycles. The zero-order valence-electron chi connectivity index (χ0n) is 10.7. The van der Waals surface area contributed by atoms with E-state index in [4.69, 9.17) is 10.2 Å². The number of carbonyl (C=O) groups excluding carboxylic acids is 1. The number of carbonyl (C=O) groups is 3. The molecule has 0 aliphatic carbocycles. The van der Waals surface area contributed by atoms with Gasteiger partial charge in [0.25, 0.3) is 0 Å². The third-order valence-electron chi connectivity index (χ3n) is 2.99. The first-order valence-corrected chi connectivity index (χ1v) is 7.39. The Kier molecular flexibility index (Phi) is 6.69. The number of thioether (sulfide) groups is 1. The lowest BCUT2D eigenvalue weighted by Crippen LogP contribution is -2.33. The number of carboxylic acid groups (broad SMARTS) is 2. The highest BCUT2D eigenvalue weighted by Gasteiger charge is 2.22. The van der Waals surface area contributed by atoms with Gasteiger partial charge in [-0.3, -0.25) is 14.4 Å². The largest absolute Gasteiger partial charge is 0.481 e. The van der Waals surface area contributed by atoms with Gasteiger partial charge >= 0.3 is 11.9 Å². The molecule has 0 aromatic rings. The molecule has 2 N–H and O–H groups in total. The number of aliphatic carboxylic acids is 2. The Labute approximate surface area is 116 Å². The number of rotatable bonds is 7. The van der Waals surface area contributed by atoms with Gasteiger partial charge in [-0.2, -0.15) is 0 Å². The Hall–Kier alpha value is -1.24. The Balaban J connectivity index is 2.36. The van der Waals surface area contributed by atoms with Crippen molar-refractivity contribution in [2.45, 2.75) is 37.4 Å². The van der Waals surface area contributed by atoms with Gasteiger partial charge in [0.05, 0.1) is 6.42 Å². The van der Waals surface area contributed by atoms with Gasteiger partial charge in [-0.25, -0.2) is 0 Å². The number of hydrogen-bond donors (Lipinski definition) is 2. The molecular formula is C12H19NO5S. The molecule has 1 rings (SSSR count). The number of hydrogen-bond acceptors (Lipinski definition) is 4. The molecule has 0 saturated carbocycles. The second-order valence-corrected chi connectivity index (χ2v) is 5.80. The van der Waals surface area contributed by atoms with Crippen LogP contribution in [0.1, 0.15) is 32.1 Å². The number of likely N-dealkylation sites (tertiary alicyclic amines) is 1. The third-order valence-corrected chi connectivity index (χ3v) is 4.18. The van der Waals surface area contributed by atoms with Gasteiger partial charge in [-0.05, 0) is 12.8 Å². The Morgan fingerprint density at radius 1 is 1.26 bits per heavy atom. The zero-order chi connectivity index (χ0) is 14.3. The molecule has 1 saturated heterocycles. The molecule has 0 spiro atoms. The molecule has 0 bridgehead atoms. The summed E-state index contributed by atoms with van der Waals surface area (Å²) in [5.74, 6) is -1.67. The fraction of sp³-hybridized carbons (Fsp3) is 0.750. The summed E-state index contributed by atoms with van der Waals surface area (Å²) in [6.07, 6.45) is 3.11. The minimum Gasteiger partial charge on any atom is -0.481 e. The van der Waals surface area contributed by atoms with Gasteiger partial charge in [0, 0.05) is 25.3 Å². The number of carboxylic acids is 2. The van der Waals surface area contributed by atoms with Gasteiger partial charge in [0.15, 0.2) is 0 Å². The number of amides is 1. The summed E-state index contributed by atoms with van der Waals surface area (Å²) in [7, 11) is 0. The van der Waals surface area contributed by atoms with Crippen molar-refractivity contribution in [3.05, 3.63) is 0 Å². The summed E-state index contributed by atoms with van der Waals surface area (Å²) < 4.78 is 0. The molecule has 0 radical (unpaired) electrons. The molecule has 1 aliphatic heterocycles. The minimum atomic E-state index is -1.12. The standard InChI is InChI=1S/C12H19NO5S/c14-10-4-2-1-3-5-13(10)6-7-19-9(12(17)18)8-11(15)16/h9H,1-8H2,(H,15,16)(H,17,18). The van der Waals surface area contributed by atoms with Crippen LogP contribution in [0.15, 0.2) is 0 Å². The third kappa shape index (κ3) is 5.96. The van der Waals surface area contributed by atoms with E-state index in [1.165, 1.54) is 0 Å². The van der Waals surface area contributed by atoms with Crippen molar-refractivity contribution < 1.29 is 24.6 Å². The summed E-state index contributed by atoms with van der Waals surface area (Å²) in [6.45, 7) is 1.21. The van der Waals surface area contributed by atoms with E-state index in [9.17, 15) is 14.4 Å². The number of nitrogens with zero attached hydrogens (tertiary/aromatic N) is 1. The average molecular weight is 289 g/mol. The van der Waals surface area contributed by atoms with Crippen molar-refractivity contribution in [2.75, 3.05) is 18.8 Å². The van der Waals surface area contributed by atoms with Crippen LogP contribution in [-0.2, 0) is 14.4 Å². The van der Waals surface area contributed by atoms with Crippen LogP contribution in [0.2, 0.25) is 0 Å². The van der Waals surface area contributed by atoms with Crippen LogP contribution in [0, 0.1) is 0 Å². The normalized spacial score (nSPS) is 17.9. The topological polar surface area (TPSA) is 94.9 Å². The van der Waals surface area contributed by atoms with Crippen LogP contribution >= 0.6 is 11.8 Å². The molecule has 1 amide bonds. The zero-order valence-corrected chi connectivity index (χ0v) is 11.5. The van der Waals surface area contributed by atoms with Gasteiger partial charge in [0.2, 0.25) is 5.91 Å². The first-order valence-electron chi connectivity index (χ1n) is 6.34. The maximum atomic E-state index is 11.7. The highest BCUT2D eigenvalue weighted by Crippen LogP contribution is 2.17. The highest BCUT2D eigenvalue weighted by atomic mass is 32.2. The van der Waals surface area contributed by atoms with Crippen molar-refractivity contribution in [1.82, 2.24) is 4.90 Å². The second-order valence-electron chi connectivity index (χ2n) is 4.49. The molecule has 6 nitrogen and oxygen atoms in total. The van der Waals surface area contributed by atoms with Crippen LogP contribution in [0.5, 0.6) is 0 Å². The van der Waals surface area contributed by atoms with Crippen LogP contribution in [0.25, 0.3) is 0 Å². The molecule has 19 heavy (non-hydrogen) atoms. The summed E-state index contributed by atoms with van der Waals surface area (Å²) >= 11 is 1.09. The highest BCUT2D eigenvalue weighted by molar-refractivity contribution is 8.00. The molecule has 108 valence electrons. The van der Waals surface area contributed by atoms with Gasteiger partial charge in [-0.1, -0.05) is 6.42 Å². The van der Waals surface area contributed by atoms with Gasteiger partial charge in [0.1, 0.15) is 5.25 Å². The predicted octanol–water partition coefficient (Wildman–Crippen LogP) is 1.05. The summed E-state index contributed by atoms with van der Waals surface area (Å²) in [5.41, 5.74) is 0. The van der Waals surface area contributed by atoms with E-state index in [-0.39, 0.29) is 5.91 Å². The summed E-state index contributed by atoms with van der Waals surface area (Å²) in [5, 5.41) is 16.6. The molecule has 1 unspecified atom stereocenters. The minimum absolute atomic E-state index is 0.114. The fourth-order valence-corrected chi connectivity index (χ4v) is 2.97. The van der Waals surface area contributed by atoms with Crippen molar-refractivity contribution in [1.29, 1.82) is 0 Å². The molecule has 7 heteroatoms. The van der Waals surface area contributed by atoms with Crippen LogP contribution < -0.4 is 0 Å². The second kappa shape index (κ2) is 8.04. The Morgan fingerprint density at radius 2 is 2.00 bits per heavy atom. The van der Waals surface area contributed by atoms with E-state index < -0.39 is 23.6 Å². The molecule has 1 atom stereocenters. The van der Waals surface area contributed by atoms with E-state index in [0.29, 0.717) is 18.7 Å². The monoisotopic (exact) mass is 289 g/mol. The van der Waals surface area contributed by atoms with Crippen molar-refractivity contribution in [2.24, 2.45) is 0 Å². The van der Waals surface area contributed by atoms with E-state index in [1.54, 1.807) is 4.90 Å². The molecule has 1 heterocycles. The SMILES string of the molecule is O=C(O)CC(SCCN1CCCCCC1=O)C(=O)O. The quantitative estimate of drug-likeness (QED) is 0.727. The lowest BCUT2D eigenvalue weighted by molar-refractivity contribution is -0.142. The van der Waals surface area contributed by atoms with Crippen LogP contribution in [0.4, 0.5) is 0 Å². The molecule has 1 aliphatic rings. The fourth-order valence-electron chi connectivity index (χ4n) is 1.96. The van der Waals surface area contributed by atoms with E-state index in [0.717, 1.165) is 37.6 Å². The van der Waals surface area contributed by atoms with Crippen LogP contribution in [0.3, 0.4) is 0 Å². The van der Waals surface area contributed by atoms with Crippen molar-refractivity contribution >= 4 is 29.6 Å². The Morgan fingerprint density at radius 3 is 2.63 bits per heavy atom. The maximum Gasteiger partial charge on any atom is 0.317 e. The first kappa shape index (κ1) is 15.8. The van der Waals surface area contributed by atoms with E-state index >= 15 is 0 Å². The Bertz CT molecular complexity index is 347. The lowest BCUT2D eigenvalue weighted by atomic mass is 10.2. The van der Waals surface area contributed by atoms with Gasteiger partial charge < -0.3 is 15.1 Å². The van der Waals surface area contributed by atoms with E-state index in [1.807, 2.05) is 0 Å². The van der Waals surface area contributed by atoms with Crippen LogP contribution in [-0.4, -0.2) is 57.1 Å². The lowest BCUT2D eigenvalue weighted by Gasteiger charge is -2.20. The average Bonchev–Trinajstić information content (AvgIpc) is 2.53. The predicted molar refractivity (Wildman–Crippen MR) is 71.2 cm³/mol. The molecular weight excluding hydrogens is 270 g/mol. The summed E-state index contributed by atoms with van der Waals surface area (Å²) in [6, 6.07) is 0. The van der Waals surface area contributed by atoms with Crippen molar-refractivity contribution in [3.63, 3.8) is 0 Å². The smallest absolute Gasteiger partial charge is 0.317 e. The first-order chi connectivity index (χ1) is 9.00. The van der Waals surface area contributed by atoms with E-state index in [2.05, 4.69) is 0 Å². The molecule has 1 fully saturated rings. The van der Waals surface area contributed by atoms with Crippen molar-refractivity contribution in [3.8, 4) is 0 Å². The van der Waals surface area contributed by atoms with Gasteiger partial charge in [-0.15, -0.1) is 11.8 Å². The molecule has 0 aromatic carbocycles.